The number of nitrogens with zero attached hydrogens (tertiary/aromatic N) is 10. The number of aryl methyl sites for hydroxylation is 4. The molecule has 4 aliphatic rings. The first-order valence-corrected chi connectivity index (χ1v) is 27.3. The Morgan fingerprint density at radius 3 is 1.07 bits per heavy atom. The van der Waals surface area contributed by atoms with E-state index in [1.165, 1.54) is 27.4 Å². The van der Waals surface area contributed by atoms with Gasteiger partial charge in [-0.1, -0.05) is 36.4 Å². The van der Waals surface area contributed by atoms with Crippen molar-refractivity contribution in [1.29, 1.82) is 0 Å². The predicted molar refractivity (Wildman–Crippen MR) is 335 cm³/mol. The quantitative estimate of drug-likeness (QED) is 0.117. The monoisotopic (exact) mass is 1060 g/mol. The molecule has 0 bridgehead atoms. The highest BCUT2D eigenvalue weighted by molar-refractivity contribution is 5.91. The van der Waals surface area contributed by atoms with Crippen molar-refractivity contribution < 1.29 is 13.6 Å². The van der Waals surface area contributed by atoms with Gasteiger partial charge in [-0.2, -0.15) is 0 Å². The molecule has 0 atom stereocenters. The molecule has 0 amide bonds. The molecule has 12 heteroatoms. The van der Waals surface area contributed by atoms with Gasteiger partial charge in [-0.05, 0) is 159 Å². The van der Waals surface area contributed by atoms with Crippen LogP contribution in [0.25, 0.3) is 0 Å². The fraction of sp³-hybridized carbons (Fsp3) is 0.206. The minimum Gasteiger partial charge on any atom is -0.457 e. The molecule has 0 aromatic heterocycles. The van der Waals surface area contributed by atoms with Crippen LogP contribution in [0.5, 0.6) is 23.0 Å². The normalized spacial score (nSPS) is 14.9. The van der Waals surface area contributed by atoms with Gasteiger partial charge in [0.2, 0.25) is 0 Å². The Hall–Kier alpha value is -9.42. The summed E-state index contributed by atoms with van der Waals surface area (Å²) in [5.41, 5.74) is 21.3. The lowest BCUT2D eigenvalue weighted by Gasteiger charge is -2.26. The van der Waals surface area contributed by atoms with E-state index in [9.17, 15) is 0 Å². The Bertz CT molecular complexity index is 3980. The Labute approximate surface area is 475 Å². The second-order valence-corrected chi connectivity index (χ2v) is 22.0. The average Bonchev–Trinajstić information content (AvgIpc) is 4.37. The maximum absolute atomic E-state index is 8.34. The van der Waals surface area contributed by atoms with E-state index < -0.39 is 6.98 Å². The van der Waals surface area contributed by atoms with Crippen LogP contribution >= 0.6 is 0 Å². The van der Waals surface area contributed by atoms with Gasteiger partial charge < -0.3 is 58.5 Å². The predicted octanol–water partition coefficient (Wildman–Crippen LogP) is 16.2. The van der Waals surface area contributed by atoms with Crippen LogP contribution in [0.4, 0.5) is 91.0 Å². The number of hydrogen-bond acceptors (Lipinski definition) is 12. The number of para-hydroxylation sites is 4. The van der Waals surface area contributed by atoms with E-state index in [2.05, 4.69) is 232 Å². The number of benzene rings is 9. The molecule has 0 radical (unpaired) electrons. The second kappa shape index (κ2) is 19.8. The van der Waals surface area contributed by atoms with E-state index >= 15 is 0 Å². The molecule has 0 aliphatic carbocycles. The molecular formula is C68H68N10O2. The van der Waals surface area contributed by atoms with Crippen molar-refractivity contribution >= 4 is 91.0 Å². The Balaban J connectivity index is 0.749. The first kappa shape index (κ1) is 46.7. The Morgan fingerprint density at radius 2 is 0.675 bits per heavy atom. The van der Waals surface area contributed by atoms with Crippen LogP contribution in [0.15, 0.2) is 182 Å². The molecule has 9 aromatic carbocycles. The summed E-state index contributed by atoms with van der Waals surface area (Å²) in [6, 6.07) is 63.9. The third kappa shape index (κ3) is 9.00. The van der Waals surface area contributed by atoms with Gasteiger partial charge in [0, 0.05) is 128 Å². The maximum Gasteiger partial charge on any atom is 0.131 e. The number of hydrogen-bond donors (Lipinski definition) is 0. The molecular weight excluding hydrogens is 989 g/mol. The lowest BCUT2D eigenvalue weighted by molar-refractivity contribution is 0.482. The van der Waals surface area contributed by atoms with Gasteiger partial charge in [-0.15, -0.1) is 0 Å². The van der Waals surface area contributed by atoms with Crippen LogP contribution < -0.4 is 58.5 Å². The van der Waals surface area contributed by atoms with Gasteiger partial charge in [-0.3, -0.25) is 0 Å². The van der Waals surface area contributed by atoms with Crippen LogP contribution in [0, 0.1) is 27.7 Å². The summed E-state index contributed by atoms with van der Waals surface area (Å²) in [4.78, 5) is 21.9. The topological polar surface area (TPSA) is 50.9 Å². The number of fused-ring (bicyclic) bond motifs is 4. The average molecular weight is 1060 g/mol. The largest absolute Gasteiger partial charge is 0.457 e. The molecule has 80 heavy (non-hydrogen) atoms. The molecule has 0 saturated carbocycles. The minimum atomic E-state index is -2.29. The van der Waals surface area contributed by atoms with E-state index in [1.54, 1.807) is 0 Å². The summed E-state index contributed by atoms with van der Waals surface area (Å²) in [7, 11) is 10.4. The van der Waals surface area contributed by atoms with Gasteiger partial charge in [0.15, 0.2) is 0 Å². The highest BCUT2D eigenvalue weighted by Crippen LogP contribution is 2.50. The third-order valence-electron chi connectivity index (χ3n) is 16.2. The van der Waals surface area contributed by atoms with Crippen molar-refractivity contribution in [2.45, 2.75) is 27.7 Å². The minimum absolute atomic E-state index is 0.200. The molecule has 12 nitrogen and oxygen atoms in total. The van der Waals surface area contributed by atoms with E-state index in [0.717, 1.165) is 103 Å². The fourth-order valence-electron chi connectivity index (χ4n) is 11.5. The molecule has 0 N–H and O–H groups in total. The van der Waals surface area contributed by atoms with Crippen LogP contribution in [-0.2, 0) is 0 Å². The molecule has 13 rings (SSSR count). The highest BCUT2D eigenvalue weighted by Gasteiger charge is 2.33. The smallest absolute Gasteiger partial charge is 0.131 e. The van der Waals surface area contributed by atoms with Crippen LogP contribution in [0.1, 0.15) is 26.4 Å². The van der Waals surface area contributed by atoms with E-state index in [1.807, 2.05) is 57.4 Å². The molecule has 0 saturated heterocycles. The lowest BCUT2D eigenvalue weighted by Crippen LogP contribution is -2.25. The van der Waals surface area contributed by atoms with E-state index in [0.29, 0.717) is 30.5 Å². The summed E-state index contributed by atoms with van der Waals surface area (Å²) < 4.78 is 38.6. The number of rotatable bonds is 12. The van der Waals surface area contributed by atoms with E-state index in [4.69, 9.17) is 13.6 Å². The third-order valence-corrected chi connectivity index (χ3v) is 16.2. The van der Waals surface area contributed by atoms with Crippen molar-refractivity contribution in [3.05, 3.63) is 204 Å². The molecule has 0 fully saturated rings. The zero-order valence-corrected chi connectivity index (χ0v) is 46.9. The first-order chi connectivity index (χ1) is 39.9. The molecule has 9 aromatic rings. The highest BCUT2D eigenvalue weighted by atomic mass is 16.5. The molecule has 4 aliphatic heterocycles. The number of anilines is 16. The summed E-state index contributed by atoms with van der Waals surface area (Å²) in [5.74, 6) is 2.87. The Morgan fingerprint density at radius 1 is 0.325 bits per heavy atom. The molecule has 0 spiro atoms. The van der Waals surface area contributed by atoms with Gasteiger partial charge in [-0.25, -0.2) is 0 Å². The summed E-state index contributed by atoms with van der Waals surface area (Å²) in [6.07, 6.45) is 0. The standard InChI is InChI=1S/C68H68N10O2/c1-45-29-65-67(31-47(45)3)73(41-71(65)9)51-17-15-19-57(35-51)79-59-37-53(69(5)6)33-55(39-59)77-43-75(61-21-11-13-23-63(61)77)49-25-27-50(28-26-49)76-44-78(64-24-14-12-22-62(64)76)56-34-54(70(7)8)38-60(40-56)80-58-20-16-18-52(36-58)74-42-72(10)66-30-46(2)48(4)32-68(66)74/h11-40H,41-44H2,1-10H3/i9D3. The second-order valence-electron chi connectivity index (χ2n) is 22.0. The van der Waals surface area contributed by atoms with E-state index in [-0.39, 0.29) is 6.67 Å². The van der Waals surface area contributed by atoms with Crippen LogP contribution in [0.3, 0.4) is 0 Å². The maximum atomic E-state index is 8.34. The van der Waals surface area contributed by atoms with Gasteiger partial charge in [0.1, 0.15) is 36.3 Å². The lowest BCUT2D eigenvalue weighted by atomic mass is 10.1. The zero-order valence-electron chi connectivity index (χ0n) is 49.9. The van der Waals surface area contributed by atoms with Crippen molar-refractivity contribution in [2.75, 3.05) is 118 Å². The molecule has 4 heterocycles. The molecule has 402 valence electrons. The first-order valence-electron chi connectivity index (χ1n) is 28.8. The molecule has 0 unspecified atom stereocenters. The number of ether oxygens (including phenoxy) is 2. The zero-order chi connectivity index (χ0) is 57.6. The summed E-state index contributed by atoms with van der Waals surface area (Å²) in [6.45, 7) is 8.29. The van der Waals surface area contributed by atoms with Crippen molar-refractivity contribution in [3.8, 4) is 23.0 Å². The summed E-state index contributed by atoms with van der Waals surface area (Å²) in [5, 5.41) is 0. The van der Waals surface area contributed by atoms with Crippen molar-refractivity contribution in [2.24, 2.45) is 0 Å². The van der Waals surface area contributed by atoms with Crippen molar-refractivity contribution in [3.63, 3.8) is 0 Å². The van der Waals surface area contributed by atoms with Crippen LogP contribution in [-0.4, -0.2) is 68.9 Å². The van der Waals surface area contributed by atoms with Gasteiger partial charge >= 0.3 is 0 Å². The van der Waals surface area contributed by atoms with Gasteiger partial charge in [0.25, 0.3) is 0 Å². The van der Waals surface area contributed by atoms with Crippen molar-refractivity contribution in [1.82, 2.24) is 0 Å². The Kier molecular flexibility index (Phi) is 11.5. The van der Waals surface area contributed by atoms with Gasteiger partial charge in [0.05, 0.1) is 58.8 Å². The van der Waals surface area contributed by atoms with Crippen LogP contribution in [0.2, 0.25) is 0 Å². The fourth-order valence-corrected chi connectivity index (χ4v) is 11.5. The SMILES string of the molecule is [2H]C([2H])([2H])N1CN(c2cccc(Oc3cc(N(C)C)cc(N4CN(c5ccc(N6CN(c7cc(Oc8cccc(N9CN(C)c%10cc(C)c(C)cc%109)c8)cc(N(C)C)c7)c7ccccc76)cc5)c5ccccc54)c3)c2)c2cc(C)c(C)cc21. The summed E-state index contributed by atoms with van der Waals surface area (Å²) >= 11 is 0.